The summed E-state index contributed by atoms with van der Waals surface area (Å²) in [5, 5.41) is 3.45. The number of ether oxygens (including phenoxy) is 3. The van der Waals surface area contributed by atoms with Gasteiger partial charge in [-0.1, -0.05) is 54.6 Å². The number of amides is 1. The number of rotatable bonds is 9. The summed E-state index contributed by atoms with van der Waals surface area (Å²) in [6.07, 6.45) is 0.593. The van der Waals surface area contributed by atoms with Crippen LogP contribution in [0.1, 0.15) is 15.9 Å². The topological polar surface area (TPSA) is 86.8 Å². The number of hydrogen-bond acceptors (Lipinski definition) is 6. The predicted octanol–water partition coefficient (Wildman–Crippen LogP) is 4.43. The van der Waals surface area contributed by atoms with E-state index in [-0.39, 0.29) is 12.5 Å². The smallest absolute Gasteiger partial charge is 0.339 e. The summed E-state index contributed by atoms with van der Waals surface area (Å²) >= 11 is 0. The van der Waals surface area contributed by atoms with E-state index in [0.29, 0.717) is 46.6 Å². The van der Waals surface area contributed by atoms with Gasteiger partial charge in [0.15, 0.2) is 18.1 Å². The highest BCUT2D eigenvalue weighted by molar-refractivity contribution is 6.05. The molecule has 0 unspecified atom stereocenters. The summed E-state index contributed by atoms with van der Waals surface area (Å²) in [5.41, 5.74) is 3.58. The van der Waals surface area contributed by atoms with Crippen molar-refractivity contribution in [1.82, 2.24) is 10.3 Å². The first-order chi connectivity index (χ1) is 17.1. The van der Waals surface area contributed by atoms with Crippen LogP contribution in [0.3, 0.4) is 0 Å². The van der Waals surface area contributed by atoms with Crippen molar-refractivity contribution < 1.29 is 23.8 Å². The number of esters is 1. The van der Waals surface area contributed by atoms with Crippen molar-refractivity contribution in [2.75, 3.05) is 27.4 Å². The number of carbonyl (C=O) groups excluding carboxylic acids is 2. The molecule has 1 N–H and O–H groups in total. The molecule has 0 atom stereocenters. The highest BCUT2D eigenvalue weighted by Crippen LogP contribution is 2.28. The maximum absolute atomic E-state index is 12.9. The molecule has 4 aromatic rings. The lowest BCUT2D eigenvalue weighted by Gasteiger charge is -2.11. The molecule has 1 heterocycles. The van der Waals surface area contributed by atoms with E-state index in [4.69, 9.17) is 14.2 Å². The van der Waals surface area contributed by atoms with Gasteiger partial charge in [0, 0.05) is 17.5 Å². The summed E-state index contributed by atoms with van der Waals surface area (Å²) < 4.78 is 15.9. The van der Waals surface area contributed by atoms with Gasteiger partial charge in [-0.15, -0.1) is 0 Å². The van der Waals surface area contributed by atoms with Gasteiger partial charge in [-0.2, -0.15) is 0 Å². The summed E-state index contributed by atoms with van der Waals surface area (Å²) in [6.45, 7) is 0.0182. The first-order valence-electron chi connectivity index (χ1n) is 11.2. The lowest BCUT2D eigenvalue weighted by molar-refractivity contribution is -0.124. The fourth-order valence-corrected chi connectivity index (χ4v) is 3.74. The molecule has 0 saturated carbocycles. The fraction of sp³-hybridized carbons (Fsp3) is 0.179. The van der Waals surface area contributed by atoms with E-state index in [9.17, 15) is 9.59 Å². The van der Waals surface area contributed by atoms with Crippen LogP contribution in [0, 0.1) is 0 Å². The molecule has 1 amide bonds. The number of methoxy groups -OCH3 is 2. The molecular formula is C28H26N2O5. The number of benzene rings is 3. The van der Waals surface area contributed by atoms with Crippen LogP contribution in [-0.2, 0) is 16.0 Å². The molecule has 7 nitrogen and oxygen atoms in total. The standard InChI is InChI=1S/C28H26N2O5/c1-33-25-13-12-19(16-26(25)34-2)14-15-29-27(31)18-35-28(32)22-17-24(20-8-4-3-5-9-20)30-23-11-7-6-10-21(22)23/h3-13,16-17H,14-15,18H2,1-2H3,(H,29,31). The van der Waals surface area contributed by atoms with Gasteiger partial charge in [-0.25, -0.2) is 9.78 Å². The SMILES string of the molecule is COc1ccc(CCNC(=O)COC(=O)c2cc(-c3ccccc3)nc3ccccc23)cc1OC. The molecule has 1 aromatic heterocycles. The van der Waals surface area contributed by atoms with Gasteiger partial charge >= 0.3 is 5.97 Å². The van der Waals surface area contributed by atoms with Gasteiger partial charge in [0.2, 0.25) is 0 Å². The first kappa shape index (κ1) is 23.8. The van der Waals surface area contributed by atoms with Crippen LogP contribution in [0.5, 0.6) is 11.5 Å². The third-order valence-corrected chi connectivity index (χ3v) is 5.52. The van der Waals surface area contributed by atoms with Crippen LogP contribution in [0.4, 0.5) is 0 Å². The molecule has 0 aliphatic carbocycles. The summed E-state index contributed by atoms with van der Waals surface area (Å²) in [6, 6.07) is 24.3. The highest BCUT2D eigenvalue weighted by Gasteiger charge is 2.16. The van der Waals surface area contributed by atoms with Gasteiger partial charge in [0.1, 0.15) is 0 Å². The number of fused-ring (bicyclic) bond motifs is 1. The van der Waals surface area contributed by atoms with Crippen LogP contribution in [0.25, 0.3) is 22.2 Å². The Morgan fingerprint density at radius 3 is 2.37 bits per heavy atom. The zero-order valence-corrected chi connectivity index (χ0v) is 19.6. The monoisotopic (exact) mass is 470 g/mol. The van der Waals surface area contributed by atoms with Crippen molar-refractivity contribution in [3.63, 3.8) is 0 Å². The number of pyridine rings is 1. The Morgan fingerprint density at radius 1 is 0.857 bits per heavy atom. The Hall–Kier alpha value is -4.39. The quantitative estimate of drug-likeness (QED) is 0.364. The Kier molecular flexibility index (Phi) is 7.57. The number of para-hydroxylation sites is 1. The van der Waals surface area contributed by atoms with E-state index < -0.39 is 5.97 Å². The minimum atomic E-state index is -0.573. The number of aromatic nitrogens is 1. The Bertz CT molecular complexity index is 1340. The van der Waals surface area contributed by atoms with E-state index in [2.05, 4.69) is 10.3 Å². The molecule has 0 fully saturated rings. The molecule has 3 aromatic carbocycles. The molecule has 35 heavy (non-hydrogen) atoms. The second-order valence-corrected chi connectivity index (χ2v) is 7.80. The molecule has 0 bridgehead atoms. The molecule has 0 radical (unpaired) electrons. The van der Waals surface area contributed by atoms with Crippen molar-refractivity contribution in [2.24, 2.45) is 0 Å². The minimum absolute atomic E-state index is 0.368. The van der Waals surface area contributed by atoms with Crippen LogP contribution < -0.4 is 14.8 Å². The van der Waals surface area contributed by atoms with Gasteiger partial charge in [0.25, 0.3) is 5.91 Å². The molecule has 0 aliphatic heterocycles. The lowest BCUT2D eigenvalue weighted by Crippen LogP contribution is -2.30. The van der Waals surface area contributed by atoms with E-state index in [1.807, 2.05) is 72.8 Å². The van der Waals surface area contributed by atoms with Crippen molar-refractivity contribution >= 4 is 22.8 Å². The third-order valence-electron chi connectivity index (χ3n) is 5.52. The maximum Gasteiger partial charge on any atom is 0.339 e. The largest absolute Gasteiger partial charge is 0.493 e. The number of carbonyl (C=O) groups is 2. The molecule has 0 saturated heterocycles. The number of nitrogens with zero attached hydrogens (tertiary/aromatic N) is 1. The van der Waals surface area contributed by atoms with Crippen LogP contribution in [0.15, 0.2) is 78.9 Å². The third kappa shape index (κ3) is 5.76. The van der Waals surface area contributed by atoms with Crippen molar-refractivity contribution in [2.45, 2.75) is 6.42 Å². The maximum atomic E-state index is 12.9. The van der Waals surface area contributed by atoms with Gasteiger partial charge in [-0.3, -0.25) is 4.79 Å². The second kappa shape index (κ2) is 11.2. The molecule has 0 aliphatic rings. The van der Waals surface area contributed by atoms with Gasteiger partial charge < -0.3 is 19.5 Å². The van der Waals surface area contributed by atoms with Crippen LogP contribution >= 0.6 is 0 Å². The Morgan fingerprint density at radius 2 is 1.60 bits per heavy atom. The zero-order valence-electron chi connectivity index (χ0n) is 19.6. The average molecular weight is 471 g/mol. The van der Waals surface area contributed by atoms with Crippen LogP contribution in [-0.4, -0.2) is 44.2 Å². The summed E-state index contributed by atoms with van der Waals surface area (Å²) in [4.78, 5) is 29.9. The predicted molar refractivity (Wildman–Crippen MR) is 134 cm³/mol. The fourth-order valence-electron chi connectivity index (χ4n) is 3.74. The second-order valence-electron chi connectivity index (χ2n) is 7.80. The first-order valence-corrected chi connectivity index (χ1v) is 11.2. The minimum Gasteiger partial charge on any atom is -0.493 e. The molecule has 4 rings (SSSR count). The van der Waals surface area contributed by atoms with Crippen molar-refractivity contribution in [3.05, 3.63) is 90.0 Å². The normalized spacial score (nSPS) is 10.6. The zero-order chi connectivity index (χ0) is 24.6. The Balaban J connectivity index is 1.38. The van der Waals surface area contributed by atoms with Crippen molar-refractivity contribution in [1.29, 1.82) is 0 Å². The van der Waals surface area contributed by atoms with E-state index >= 15 is 0 Å². The molecule has 178 valence electrons. The molecule has 0 spiro atoms. The molecule has 7 heteroatoms. The lowest BCUT2D eigenvalue weighted by atomic mass is 10.0. The van der Waals surface area contributed by atoms with Gasteiger partial charge in [-0.05, 0) is 36.2 Å². The number of hydrogen-bond donors (Lipinski definition) is 1. The summed E-state index contributed by atoms with van der Waals surface area (Å²) in [5.74, 6) is 0.326. The van der Waals surface area contributed by atoms with E-state index in [0.717, 1.165) is 11.1 Å². The Labute approximate surface area is 203 Å². The van der Waals surface area contributed by atoms with Crippen LogP contribution in [0.2, 0.25) is 0 Å². The molecular weight excluding hydrogens is 444 g/mol. The highest BCUT2D eigenvalue weighted by atomic mass is 16.5. The van der Waals surface area contributed by atoms with Crippen molar-refractivity contribution in [3.8, 4) is 22.8 Å². The number of nitrogens with one attached hydrogen (secondary N) is 1. The average Bonchev–Trinajstić information content (AvgIpc) is 2.91. The van der Waals surface area contributed by atoms with Gasteiger partial charge in [0.05, 0.1) is 31.0 Å². The van der Waals surface area contributed by atoms with E-state index in [1.165, 1.54) is 0 Å². The van der Waals surface area contributed by atoms with E-state index in [1.54, 1.807) is 20.3 Å². The summed E-state index contributed by atoms with van der Waals surface area (Å²) in [7, 11) is 3.16.